The lowest BCUT2D eigenvalue weighted by Crippen LogP contribution is -2.17. The summed E-state index contributed by atoms with van der Waals surface area (Å²) in [7, 11) is 3.06. The molecule has 1 N–H and O–H groups in total. The third kappa shape index (κ3) is 4.96. The van der Waals surface area contributed by atoms with Crippen LogP contribution in [-0.2, 0) is 0 Å². The second-order valence-electron chi connectivity index (χ2n) is 4.71. The van der Waals surface area contributed by atoms with Crippen molar-refractivity contribution in [1.82, 2.24) is 5.43 Å². The molecule has 0 saturated carbocycles. The fraction of sp³-hybridized carbons (Fsp3) is 0.111. The van der Waals surface area contributed by atoms with Crippen molar-refractivity contribution in [2.75, 3.05) is 14.2 Å². The molecule has 5 nitrogen and oxygen atoms in total. The fourth-order valence-electron chi connectivity index (χ4n) is 1.94. The topological polar surface area (TPSA) is 59.9 Å². The standard InChI is InChI=1S/C18H17BrN2O3/c1-23-16-9-8-14(11-17(16)24-2)18(22)21-20-12-15(19)10-13-6-4-3-5-7-13/h3-12H,1-2H3,(H,21,22)/b15-10-,20-12-. The van der Waals surface area contributed by atoms with E-state index in [1.165, 1.54) is 13.3 Å². The minimum atomic E-state index is -0.341. The number of hydrogen-bond acceptors (Lipinski definition) is 4. The number of rotatable bonds is 6. The second-order valence-corrected chi connectivity index (χ2v) is 5.62. The van der Waals surface area contributed by atoms with Gasteiger partial charge in [0, 0.05) is 10.0 Å². The molecule has 0 aliphatic carbocycles. The molecule has 2 aromatic carbocycles. The molecule has 0 fully saturated rings. The third-order valence-corrected chi connectivity index (χ3v) is 3.54. The predicted octanol–water partition coefficient (Wildman–Crippen LogP) is 3.86. The lowest BCUT2D eigenvalue weighted by molar-refractivity contribution is 0.0954. The number of carbonyl (C=O) groups is 1. The minimum absolute atomic E-state index is 0.341. The average Bonchev–Trinajstić information content (AvgIpc) is 2.61. The van der Waals surface area contributed by atoms with E-state index in [9.17, 15) is 4.79 Å². The summed E-state index contributed by atoms with van der Waals surface area (Å²) in [5, 5.41) is 3.93. The molecule has 6 heteroatoms. The zero-order valence-electron chi connectivity index (χ0n) is 13.3. The molecule has 0 aliphatic rings. The summed E-state index contributed by atoms with van der Waals surface area (Å²) in [6.45, 7) is 0. The van der Waals surface area contributed by atoms with Gasteiger partial charge < -0.3 is 9.47 Å². The van der Waals surface area contributed by atoms with Crippen LogP contribution in [0.2, 0.25) is 0 Å². The molecule has 0 spiro atoms. The number of methoxy groups -OCH3 is 2. The normalized spacial score (nSPS) is 11.4. The second kappa shape index (κ2) is 8.88. The van der Waals surface area contributed by atoms with Crippen molar-refractivity contribution in [3.8, 4) is 11.5 Å². The largest absolute Gasteiger partial charge is 0.493 e. The van der Waals surface area contributed by atoms with Crippen LogP contribution in [0.15, 0.2) is 58.1 Å². The van der Waals surface area contributed by atoms with Crippen LogP contribution in [-0.4, -0.2) is 26.3 Å². The number of halogens is 1. The van der Waals surface area contributed by atoms with Gasteiger partial charge in [0.25, 0.3) is 5.91 Å². The molecule has 0 aromatic heterocycles. The first-order chi connectivity index (χ1) is 11.6. The Bertz CT molecular complexity index is 758. The highest BCUT2D eigenvalue weighted by molar-refractivity contribution is 9.12. The maximum atomic E-state index is 12.1. The van der Waals surface area contributed by atoms with Crippen molar-refractivity contribution in [2.24, 2.45) is 5.10 Å². The molecule has 1 amide bonds. The number of nitrogens with one attached hydrogen (secondary N) is 1. The van der Waals surface area contributed by atoms with Crippen LogP contribution < -0.4 is 14.9 Å². The van der Waals surface area contributed by atoms with E-state index in [4.69, 9.17) is 9.47 Å². The van der Waals surface area contributed by atoms with E-state index in [-0.39, 0.29) is 5.91 Å². The van der Waals surface area contributed by atoms with Crippen LogP contribution in [0.4, 0.5) is 0 Å². The van der Waals surface area contributed by atoms with Gasteiger partial charge in [-0.25, -0.2) is 5.43 Å². The van der Waals surface area contributed by atoms with Crippen LogP contribution in [0.1, 0.15) is 15.9 Å². The van der Waals surface area contributed by atoms with Gasteiger partial charge in [0.1, 0.15) is 0 Å². The summed E-state index contributed by atoms with van der Waals surface area (Å²) in [5.74, 6) is 0.706. The molecule has 0 unspecified atom stereocenters. The van der Waals surface area contributed by atoms with Crippen molar-refractivity contribution >= 4 is 34.1 Å². The highest BCUT2D eigenvalue weighted by Gasteiger charge is 2.09. The predicted molar refractivity (Wildman–Crippen MR) is 98.9 cm³/mol. The van der Waals surface area contributed by atoms with E-state index in [2.05, 4.69) is 26.5 Å². The SMILES string of the molecule is COc1ccc(C(=O)N/N=C\C(Br)=C\c2ccccc2)cc1OC. The monoisotopic (exact) mass is 388 g/mol. The van der Waals surface area contributed by atoms with Crippen molar-refractivity contribution in [3.63, 3.8) is 0 Å². The molecule has 0 atom stereocenters. The van der Waals surface area contributed by atoms with E-state index in [1.807, 2.05) is 36.4 Å². The Kier molecular flexibility index (Phi) is 6.57. The van der Waals surface area contributed by atoms with E-state index in [0.29, 0.717) is 17.1 Å². The summed E-state index contributed by atoms with van der Waals surface area (Å²) < 4.78 is 11.1. The zero-order chi connectivity index (χ0) is 17.4. The van der Waals surface area contributed by atoms with Crippen LogP contribution in [0.25, 0.3) is 6.08 Å². The molecular weight excluding hydrogens is 372 g/mol. The fourth-order valence-corrected chi connectivity index (χ4v) is 2.31. The number of ether oxygens (including phenoxy) is 2. The first-order valence-electron chi connectivity index (χ1n) is 7.11. The average molecular weight is 389 g/mol. The van der Waals surface area contributed by atoms with Gasteiger partial charge in [0.2, 0.25) is 0 Å². The number of benzene rings is 2. The number of hydrazone groups is 1. The maximum Gasteiger partial charge on any atom is 0.271 e. The zero-order valence-corrected chi connectivity index (χ0v) is 14.9. The van der Waals surface area contributed by atoms with Crippen LogP contribution in [0, 0.1) is 0 Å². The minimum Gasteiger partial charge on any atom is -0.493 e. The Morgan fingerprint density at radius 2 is 1.79 bits per heavy atom. The Morgan fingerprint density at radius 3 is 2.46 bits per heavy atom. The van der Waals surface area contributed by atoms with Crippen molar-refractivity contribution in [1.29, 1.82) is 0 Å². The van der Waals surface area contributed by atoms with Gasteiger partial charge in [-0.05, 0) is 45.8 Å². The van der Waals surface area contributed by atoms with E-state index in [0.717, 1.165) is 10.0 Å². The molecule has 2 aromatic rings. The van der Waals surface area contributed by atoms with E-state index in [1.54, 1.807) is 25.3 Å². The van der Waals surface area contributed by atoms with Gasteiger partial charge in [-0.1, -0.05) is 30.3 Å². The number of carbonyl (C=O) groups excluding carboxylic acids is 1. The summed E-state index contributed by atoms with van der Waals surface area (Å²) in [5.41, 5.74) is 3.92. The first kappa shape index (κ1) is 17.7. The van der Waals surface area contributed by atoms with Crippen LogP contribution in [0.5, 0.6) is 11.5 Å². The Morgan fingerprint density at radius 1 is 1.08 bits per heavy atom. The Hall–Kier alpha value is -2.60. The molecule has 124 valence electrons. The summed E-state index contributed by atoms with van der Waals surface area (Å²) in [6, 6.07) is 14.7. The highest BCUT2D eigenvalue weighted by Crippen LogP contribution is 2.27. The van der Waals surface area contributed by atoms with Gasteiger partial charge >= 0.3 is 0 Å². The molecule has 2 rings (SSSR count). The molecular formula is C18H17BrN2O3. The summed E-state index contributed by atoms with van der Waals surface area (Å²) >= 11 is 3.39. The number of nitrogens with zero attached hydrogens (tertiary/aromatic N) is 1. The third-order valence-electron chi connectivity index (χ3n) is 3.10. The van der Waals surface area contributed by atoms with E-state index >= 15 is 0 Å². The van der Waals surface area contributed by atoms with Gasteiger partial charge in [-0.2, -0.15) is 5.10 Å². The van der Waals surface area contributed by atoms with Gasteiger partial charge in [0.05, 0.1) is 20.4 Å². The Balaban J connectivity index is 2.01. The smallest absolute Gasteiger partial charge is 0.271 e. The van der Waals surface area contributed by atoms with Gasteiger partial charge in [-0.15, -0.1) is 0 Å². The number of hydrogen-bond donors (Lipinski definition) is 1. The number of allylic oxidation sites excluding steroid dienone is 1. The molecule has 0 aliphatic heterocycles. The molecule has 0 bridgehead atoms. The van der Waals surface area contributed by atoms with Crippen LogP contribution in [0.3, 0.4) is 0 Å². The highest BCUT2D eigenvalue weighted by atomic mass is 79.9. The lowest BCUT2D eigenvalue weighted by Gasteiger charge is -2.08. The number of amides is 1. The molecule has 24 heavy (non-hydrogen) atoms. The first-order valence-corrected chi connectivity index (χ1v) is 7.91. The van der Waals surface area contributed by atoms with Crippen molar-refractivity contribution in [3.05, 3.63) is 64.1 Å². The quantitative estimate of drug-likeness (QED) is 0.603. The van der Waals surface area contributed by atoms with Gasteiger partial charge in [0.15, 0.2) is 11.5 Å². The van der Waals surface area contributed by atoms with E-state index < -0.39 is 0 Å². The molecule has 0 heterocycles. The molecule has 0 saturated heterocycles. The summed E-state index contributed by atoms with van der Waals surface area (Å²) in [6.07, 6.45) is 3.41. The summed E-state index contributed by atoms with van der Waals surface area (Å²) in [4.78, 5) is 12.1. The van der Waals surface area contributed by atoms with Gasteiger partial charge in [-0.3, -0.25) is 4.79 Å². The van der Waals surface area contributed by atoms with Crippen LogP contribution >= 0.6 is 15.9 Å². The van der Waals surface area contributed by atoms with Crippen molar-refractivity contribution < 1.29 is 14.3 Å². The lowest BCUT2D eigenvalue weighted by atomic mass is 10.2. The Labute approximate surface area is 149 Å². The molecule has 0 radical (unpaired) electrons. The van der Waals surface area contributed by atoms with Crippen molar-refractivity contribution in [2.45, 2.75) is 0 Å². The maximum absolute atomic E-state index is 12.1.